The maximum Gasteiger partial charge on any atom is 0.325 e. The van der Waals surface area contributed by atoms with Crippen LogP contribution in [0.25, 0.3) is 0 Å². The number of hydrogen-bond donors (Lipinski definition) is 5. The minimum absolute atomic E-state index is 0.0432. The molecule has 1 saturated heterocycles. The molecular weight excluding hydrogens is 268 g/mol. The van der Waals surface area contributed by atoms with Crippen LogP contribution in [-0.2, 0) is 10.3 Å². The summed E-state index contributed by atoms with van der Waals surface area (Å²) >= 11 is 0. The largest absolute Gasteiger partial charge is 0.394 e. The van der Waals surface area contributed by atoms with E-state index in [2.05, 4.69) is 4.98 Å². The average Bonchev–Trinajstić information content (AvgIpc) is 2.47. The maximum absolute atomic E-state index is 11.9. The highest BCUT2D eigenvalue weighted by molar-refractivity contribution is 5.27. The number of aromatic nitrogens is 2. The molecule has 1 aromatic heterocycles. The second-order valence-electron chi connectivity index (χ2n) is 5.53. The molecular formula is C12H18N2O6. The van der Waals surface area contributed by atoms with E-state index in [0.717, 1.165) is 6.20 Å². The van der Waals surface area contributed by atoms with E-state index in [-0.39, 0.29) is 5.56 Å². The van der Waals surface area contributed by atoms with Crippen LogP contribution in [0.3, 0.4) is 0 Å². The van der Waals surface area contributed by atoms with Crippen molar-refractivity contribution in [3.05, 3.63) is 32.6 Å². The number of aliphatic hydroxyl groups excluding tert-OH is 1. The Morgan fingerprint density at radius 3 is 2.35 bits per heavy atom. The van der Waals surface area contributed by atoms with Gasteiger partial charge in [0, 0.05) is 6.20 Å². The summed E-state index contributed by atoms with van der Waals surface area (Å²) in [5, 5.41) is 30.4. The predicted molar refractivity (Wildman–Crippen MR) is 68.2 cm³/mol. The van der Waals surface area contributed by atoms with Gasteiger partial charge in [-0.05, 0) is 20.8 Å². The van der Waals surface area contributed by atoms with E-state index >= 15 is 0 Å². The molecule has 5 N–H and O–H groups in total. The second-order valence-corrected chi connectivity index (χ2v) is 5.53. The van der Waals surface area contributed by atoms with E-state index in [1.165, 1.54) is 20.8 Å². The highest BCUT2D eigenvalue weighted by Gasteiger charge is 2.67. The monoisotopic (exact) mass is 286 g/mol. The minimum Gasteiger partial charge on any atom is -0.394 e. The molecule has 0 amide bonds. The minimum atomic E-state index is -1.86. The van der Waals surface area contributed by atoms with Crippen LogP contribution in [-0.4, -0.2) is 49.2 Å². The Labute approximate surface area is 114 Å². The Balaban J connectivity index is 2.66. The number of rotatable bonds is 2. The molecule has 20 heavy (non-hydrogen) atoms. The molecule has 1 aliphatic heterocycles. The summed E-state index contributed by atoms with van der Waals surface area (Å²) in [5.41, 5.74) is -6.70. The predicted octanol–water partition coefficient (Wildman–Crippen LogP) is -1.83. The fourth-order valence-electron chi connectivity index (χ4n) is 2.62. The zero-order chi connectivity index (χ0) is 15.3. The molecule has 4 atom stereocenters. The molecule has 2 heterocycles. The summed E-state index contributed by atoms with van der Waals surface area (Å²) in [4.78, 5) is 27.3. The van der Waals surface area contributed by atoms with E-state index in [1.54, 1.807) is 0 Å². The molecule has 0 radical (unpaired) electrons. The molecule has 0 unspecified atom stereocenters. The maximum atomic E-state index is 11.9. The van der Waals surface area contributed by atoms with Crippen molar-refractivity contribution in [3.63, 3.8) is 0 Å². The van der Waals surface area contributed by atoms with Crippen LogP contribution in [0.4, 0.5) is 0 Å². The number of hydrogen-bond acceptors (Lipinski definition) is 6. The van der Waals surface area contributed by atoms with Crippen molar-refractivity contribution in [2.24, 2.45) is 0 Å². The molecule has 8 nitrogen and oxygen atoms in total. The van der Waals surface area contributed by atoms with Gasteiger partial charge in [-0.25, -0.2) is 4.79 Å². The van der Waals surface area contributed by atoms with Crippen LogP contribution in [0.2, 0.25) is 0 Å². The zero-order valence-corrected chi connectivity index (χ0v) is 11.4. The molecule has 1 aliphatic rings. The quantitative estimate of drug-likeness (QED) is 0.434. The van der Waals surface area contributed by atoms with Gasteiger partial charge in [-0.3, -0.25) is 9.78 Å². The molecule has 8 heteroatoms. The standard InChI is InChI=1S/C12H18N2O6/c1-10(18)7(5-15)20-11(2,12(10,3)19)6-4-13-9(17)14-8(6)16/h4,7,15,18-19H,5H2,1-3H3,(H2,13,14,16,17)/t7-,10-,11+,12-/m1/s1. The molecule has 0 aliphatic carbocycles. The number of ether oxygens (including phenoxy) is 1. The van der Waals surface area contributed by atoms with Crippen molar-refractivity contribution < 1.29 is 20.1 Å². The fraction of sp³-hybridized carbons (Fsp3) is 0.667. The van der Waals surface area contributed by atoms with Gasteiger partial charge >= 0.3 is 5.69 Å². The van der Waals surface area contributed by atoms with E-state index in [1.807, 2.05) is 4.98 Å². The van der Waals surface area contributed by atoms with Gasteiger partial charge in [-0.1, -0.05) is 0 Å². The Bertz CT molecular complexity index is 631. The third kappa shape index (κ3) is 1.69. The first-order chi connectivity index (χ1) is 9.08. The van der Waals surface area contributed by atoms with Crippen molar-refractivity contribution >= 4 is 0 Å². The lowest BCUT2D eigenvalue weighted by atomic mass is 9.72. The van der Waals surface area contributed by atoms with E-state index in [4.69, 9.17) is 4.74 Å². The van der Waals surface area contributed by atoms with Crippen molar-refractivity contribution in [2.75, 3.05) is 6.61 Å². The molecule has 112 valence electrons. The molecule has 0 saturated carbocycles. The van der Waals surface area contributed by atoms with Gasteiger partial charge in [-0.15, -0.1) is 0 Å². The van der Waals surface area contributed by atoms with Gasteiger partial charge in [0.25, 0.3) is 5.56 Å². The van der Waals surface area contributed by atoms with Crippen LogP contribution in [0.5, 0.6) is 0 Å². The van der Waals surface area contributed by atoms with Gasteiger partial charge in [0.05, 0.1) is 12.2 Å². The van der Waals surface area contributed by atoms with Crippen molar-refractivity contribution in [1.82, 2.24) is 9.97 Å². The summed E-state index contributed by atoms with van der Waals surface area (Å²) in [6, 6.07) is 0. The van der Waals surface area contributed by atoms with E-state index in [9.17, 15) is 24.9 Å². The smallest absolute Gasteiger partial charge is 0.325 e. The summed E-state index contributed by atoms with van der Waals surface area (Å²) < 4.78 is 5.54. The summed E-state index contributed by atoms with van der Waals surface area (Å²) in [6.07, 6.45) is 0.0553. The Hall–Kier alpha value is -1.48. The highest BCUT2D eigenvalue weighted by Crippen LogP contribution is 2.50. The SMILES string of the molecule is C[C@]1(O)[C@](C)(c2c[nH]c(=O)[nH]c2=O)O[C@H](CO)[C@@]1(C)O. The molecule has 2 rings (SSSR count). The summed E-state index contributed by atoms with van der Waals surface area (Å²) in [7, 11) is 0. The second kappa shape index (κ2) is 4.26. The van der Waals surface area contributed by atoms with Crippen molar-refractivity contribution in [2.45, 2.75) is 43.7 Å². The molecule has 0 bridgehead atoms. The van der Waals surface area contributed by atoms with E-state index < -0.39 is 40.8 Å². The van der Waals surface area contributed by atoms with Gasteiger partial charge in [0.15, 0.2) is 0 Å². The first-order valence-electron chi connectivity index (χ1n) is 6.14. The van der Waals surface area contributed by atoms with Gasteiger partial charge in [-0.2, -0.15) is 0 Å². The fourth-order valence-corrected chi connectivity index (χ4v) is 2.62. The van der Waals surface area contributed by atoms with Crippen molar-refractivity contribution in [3.8, 4) is 0 Å². The Kier molecular flexibility index (Phi) is 3.17. The highest BCUT2D eigenvalue weighted by atomic mass is 16.6. The van der Waals surface area contributed by atoms with Gasteiger partial charge in [0.1, 0.15) is 22.9 Å². The third-order valence-corrected chi connectivity index (χ3v) is 4.42. The summed E-state index contributed by atoms with van der Waals surface area (Å²) in [6.45, 7) is 3.52. The Morgan fingerprint density at radius 1 is 1.30 bits per heavy atom. The molecule has 0 aromatic carbocycles. The topological polar surface area (TPSA) is 136 Å². The van der Waals surface area contributed by atoms with Crippen LogP contribution < -0.4 is 11.2 Å². The van der Waals surface area contributed by atoms with Crippen LogP contribution in [0.1, 0.15) is 26.3 Å². The zero-order valence-electron chi connectivity index (χ0n) is 11.4. The van der Waals surface area contributed by atoms with Crippen LogP contribution in [0, 0.1) is 0 Å². The number of aromatic amines is 2. The van der Waals surface area contributed by atoms with Gasteiger partial charge in [0.2, 0.25) is 0 Å². The van der Waals surface area contributed by atoms with Crippen LogP contribution in [0.15, 0.2) is 15.8 Å². The normalized spacial score (nSPS) is 41.0. The lowest BCUT2D eigenvalue weighted by Gasteiger charge is -2.40. The first kappa shape index (κ1) is 14.9. The van der Waals surface area contributed by atoms with Crippen molar-refractivity contribution in [1.29, 1.82) is 0 Å². The van der Waals surface area contributed by atoms with E-state index in [0.29, 0.717) is 0 Å². The number of H-pyrrole nitrogens is 2. The first-order valence-corrected chi connectivity index (χ1v) is 6.14. The number of aliphatic hydroxyl groups is 3. The summed E-state index contributed by atoms with van der Waals surface area (Å²) in [5.74, 6) is 0. The van der Waals surface area contributed by atoms with Crippen LogP contribution >= 0.6 is 0 Å². The molecule has 1 fully saturated rings. The molecule has 0 spiro atoms. The lowest BCUT2D eigenvalue weighted by molar-refractivity contribution is -0.152. The lowest BCUT2D eigenvalue weighted by Crippen LogP contribution is -2.59. The Morgan fingerprint density at radius 2 is 1.90 bits per heavy atom. The van der Waals surface area contributed by atoms with Gasteiger partial charge < -0.3 is 25.0 Å². The number of nitrogens with one attached hydrogen (secondary N) is 2. The average molecular weight is 286 g/mol. The molecule has 1 aromatic rings. The third-order valence-electron chi connectivity index (χ3n) is 4.42.